The summed E-state index contributed by atoms with van der Waals surface area (Å²) in [5.74, 6) is 0.439. The number of anilines is 3. The molecule has 1 fully saturated rings. The molecule has 55 heavy (non-hydrogen) atoms. The van der Waals surface area contributed by atoms with Crippen molar-refractivity contribution in [3.8, 4) is 11.1 Å². The number of allylic oxidation sites excluding steroid dienone is 13. The van der Waals surface area contributed by atoms with Crippen LogP contribution in [0.15, 0.2) is 175 Å². The van der Waals surface area contributed by atoms with Gasteiger partial charge in [-0.25, -0.2) is 0 Å². The number of hydrogen-bond donors (Lipinski definition) is 0. The summed E-state index contributed by atoms with van der Waals surface area (Å²) in [4.78, 5) is 5.10. The quantitative estimate of drug-likeness (QED) is 0.126. The van der Waals surface area contributed by atoms with Crippen LogP contribution in [0.4, 0.5) is 17.1 Å². The molecule has 2 unspecified atom stereocenters. The van der Waals surface area contributed by atoms with Crippen LogP contribution in [0.25, 0.3) is 22.3 Å². The Morgan fingerprint density at radius 1 is 0.709 bits per heavy atom. The maximum atomic E-state index is 2.66. The van der Waals surface area contributed by atoms with Crippen LogP contribution in [-0.4, -0.2) is 17.5 Å². The number of benzene rings is 4. The van der Waals surface area contributed by atoms with Crippen LogP contribution in [0.2, 0.25) is 0 Å². The summed E-state index contributed by atoms with van der Waals surface area (Å²) >= 11 is 0. The van der Waals surface area contributed by atoms with Gasteiger partial charge in [0.05, 0.1) is 0 Å². The van der Waals surface area contributed by atoms with Gasteiger partial charge < -0.3 is 9.80 Å². The number of rotatable bonds is 9. The fraction of sp³-hybridized carbons (Fsp3) is 0.245. The van der Waals surface area contributed by atoms with Crippen molar-refractivity contribution in [2.45, 2.75) is 70.8 Å². The van der Waals surface area contributed by atoms with E-state index in [9.17, 15) is 0 Å². The standard InChI is InChI=1S/C53H52N2/c1-4-5-6-7-15-35-54-51-23-14-12-21-47(51)48-36-41(19-16-24-52(48)54)40-27-31-43(32-28-40)55(42-29-25-39(26-30-42)38-17-9-8-10-18-38)44-33-34-46-45-20-11-13-22-49(45)53(2,3)50(46)37-44/h5-7,9,11-13,15,17-22,24-34,36-37,47,51H,4,8,10,14,16,23,35H2,1-3H3. The van der Waals surface area contributed by atoms with Gasteiger partial charge in [0.15, 0.2) is 0 Å². The molecule has 0 amide bonds. The normalized spacial score (nSPS) is 20.7. The van der Waals surface area contributed by atoms with Gasteiger partial charge in [0.25, 0.3) is 0 Å². The molecule has 1 saturated heterocycles. The predicted molar refractivity (Wildman–Crippen MR) is 235 cm³/mol. The first-order chi connectivity index (χ1) is 27.0. The minimum atomic E-state index is -0.0712. The van der Waals surface area contributed by atoms with Crippen molar-refractivity contribution in [2.24, 2.45) is 5.92 Å². The van der Waals surface area contributed by atoms with Crippen molar-refractivity contribution in [3.63, 3.8) is 0 Å². The molecule has 4 aromatic rings. The lowest BCUT2D eigenvalue weighted by Crippen LogP contribution is -2.32. The summed E-state index contributed by atoms with van der Waals surface area (Å²) in [7, 11) is 0. The highest BCUT2D eigenvalue weighted by Crippen LogP contribution is 2.51. The molecule has 274 valence electrons. The van der Waals surface area contributed by atoms with Crippen molar-refractivity contribution < 1.29 is 0 Å². The van der Waals surface area contributed by atoms with E-state index in [-0.39, 0.29) is 5.41 Å². The number of likely N-dealkylation sites (tertiary alicyclic amines) is 1. The topological polar surface area (TPSA) is 6.48 Å². The van der Waals surface area contributed by atoms with Gasteiger partial charge in [-0.05, 0) is 131 Å². The second kappa shape index (κ2) is 14.9. The smallest absolute Gasteiger partial charge is 0.0465 e. The van der Waals surface area contributed by atoms with E-state index in [2.05, 4.69) is 194 Å². The van der Waals surface area contributed by atoms with Crippen molar-refractivity contribution in [3.05, 3.63) is 197 Å². The summed E-state index contributed by atoms with van der Waals surface area (Å²) in [5, 5.41) is 0. The van der Waals surface area contributed by atoms with Crippen LogP contribution in [0.3, 0.4) is 0 Å². The molecule has 2 atom stereocenters. The van der Waals surface area contributed by atoms with Gasteiger partial charge in [-0.3, -0.25) is 0 Å². The van der Waals surface area contributed by atoms with Crippen LogP contribution < -0.4 is 4.90 Å². The number of nitrogens with zero attached hydrogens (tertiary/aromatic N) is 2. The van der Waals surface area contributed by atoms with Gasteiger partial charge in [0, 0.05) is 46.7 Å². The lowest BCUT2D eigenvalue weighted by Gasteiger charge is -2.29. The van der Waals surface area contributed by atoms with E-state index in [0.29, 0.717) is 12.0 Å². The average molecular weight is 717 g/mol. The molecule has 4 aromatic carbocycles. The molecule has 2 nitrogen and oxygen atoms in total. The molecule has 1 aliphatic heterocycles. The minimum Gasteiger partial charge on any atom is -0.364 e. The van der Waals surface area contributed by atoms with Crippen LogP contribution in [0, 0.1) is 5.92 Å². The molecule has 5 aliphatic rings. The molecule has 0 spiro atoms. The van der Waals surface area contributed by atoms with E-state index in [4.69, 9.17) is 0 Å². The monoisotopic (exact) mass is 716 g/mol. The van der Waals surface area contributed by atoms with Gasteiger partial charge in [-0.15, -0.1) is 0 Å². The Hall–Kier alpha value is -5.60. The second-order valence-electron chi connectivity index (χ2n) is 16.1. The van der Waals surface area contributed by atoms with Crippen molar-refractivity contribution in [1.82, 2.24) is 4.90 Å². The van der Waals surface area contributed by atoms with E-state index >= 15 is 0 Å². The fourth-order valence-corrected chi connectivity index (χ4v) is 9.54. The average Bonchev–Trinajstić information content (AvgIpc) is 3.51. The Labute approximate surface area is 328 Å². The second-order valence-corrected chi connectivity index (χ2v) is 16.1. The van der Waals surface area contributed by atoms with Gasteiger partial charge >= 0.3 is 0 Å². The first-order valence-electron chi connectivity index (χ1n) is 20.5. The molecule has 0 radical (unpaired) electrons. The third-order valence-corrected chi connectivity index (χ3v) is 12.4. The SMILES string of the molecule is CCC=CC=CCN1C2=CCC=C(c3ccc(N(c4ccc(C5=CCCC=C5)cc4)c4ccc5c(c4)C(C)(C)c4ccccc4-5)cc3)C=C2C2C=CCCC21. The van der Waals surface area contributed by atoms with E-state index in [1.807, 2.05) is 0 Å². The Morgan fingerprint density at radius 2 is 1.44 bits per heavy atom. The van der Waals surface area contributed by atoms with Gasteiger partial charge in [-0.2, -0.15) is 0 Å². The molecule has 4 aliphatic carbocycles. The van der Waals surface area contributed by atoms with Crippen LogP contribution in [0.1, 0.15) is 81.5 Å². The third kappa shape index (κ3) is 6.52. The van der Waals surface area contributed by atoms with Crippen molar-refractivity contribution in [2.75, 3.05) is 11.4 Å². The first kappa shape index (κ1) is 35.1. The largest absolute Gasteiger partial charge is 0.364 e. The highest BCUT2D eigenvalue weighted by molar-refractivity contribution is 5.87. The highest BCUT2D eigenvalue weighted by atomic mass is 15.2. The van der Waals surface area contributed by atoms with E-state index in [1.54, 1.807) is 0 Å². The van der Waals surface area contributed by atoms with Gasteiger partial charge in [0.2, 0.25) is 0 Å². The number of hydrogen-bond acceptors (Lipinski definition) is 2. The zero-order chi connectivity index (χ0) is 37.4. The molecule has 0 aromatic heterocycles. The van der Waals surface area contributed by atoms with Crippen molar-refractivity contribution in [1.29, 1.82) is 0 Å². The number of fused-ring (bicyclic) bond motifs is 6. The Morgan fingerprint density at radius 3 is 2.20 bits per heavy atom. The lowest BCUT2D eigenvalue weighted by molar-refractivity contribution is 0.275. The molecular formula is C53H52N2. The summed E-state index contributed by atoms with van der Waals surface area (Å²) in [6, 6.07) is 35.0. The molecule has 2 heteroatoms. The molecule has 0 bridgehead atoms. The molecule has 1 heterocycles. The van der Waals surface area contributed by atoms with E-state index in [1.165, 1.54) is 67.9 Å². The predicted octanol–water partition coefficient (Wildman–Crippen LogP) is 14.0. The maximum absolute atomic E-state index is 2.66. The van der Waals surface area contributed by atoms with Crippen LogP contribution in [-0.2, 0) is 5.41 Å². The summed E-state index contributed by atoms with van der Waals surface area (Å²) in [5.41, 5.74) is 17.0. The summed E-state index contributed by atoms with van der Waals surface area (Å²) in [6.07, 6.45) is 34.7. The first-order valence-corrected chi connectivity index (χ1v) is 20.5. The van der Waals surface area contributed by atoms with Gasteiger partial charge in [0.1, 0.15) is 0 Å². The zero-order valence-electron chi connectivity index (χ0n) is 32.6. The minimum absolute atomic E-state index is 0.0712. The summed E-state index contributed by atoms with van der Waals surface area (Å²) in [6.45, 7) is 7.87. The highest BCUT2D eigenvalue weighted by Gasteiger charge is 2.40. The van der Waals surface area contributed by atoms with Crippen LogP contribution >= 0.6 is 0 Å². The summed E-state index contributed by atoms with van der Waals surface area (Å²) < 4.78 is 0. The zero-order valence-corrected chi connectivity index (χ0v) is 32.6. The van der Waals surface area contributed by atoms with E-state index < -0.39 is 0 Å². The van der Waals surface area contributed by atoms with E-state index in [0.717, 1.165) is 50.0 Å². The maximum Gasteiger partial charge on any atom is 0.0465 e. The molecule has 0 N–H and O–H groups in total. The molecule has 9 rings (SSSR count). The molecular weight excluding hydrogens is 665 g/mol. The Kier molecular flexibility index (Phi) is 9.52. The Bertz CT molecular complexity index is 2330. The van der Waals surface area contributed by atoms with Crippen LogP contribution in [0.5, 0.6) is 0 Å². The molecule has 0 saturated carbocycles. The van der Waals surface area contributed by atoms with Crippen molar-refractivity contribution >= 4 is 28.2 Å². The Balaban J connectivity index is 1.06. The lowest BCUT2D eigenvalue weighted by atomic mass is 9.82. The van der Waals surface area contributed by atoms with Gasteiger partial charge in [-0.1, -0.05) is 142 Å². The third-order valence-electron chi connectivity index (χ3n) is 12.4. The fourth-order valence-electron chi connectivity index (χ4n) is 9.54.